The van der Waals surface area contributed by atoms with Gasteiger partial charge in [0.25, 0.3) is 0 Å². The van der Waals surface area contributed by atoms with Gasteiger partial charge in [-0.05, 0) is 37.1 Å². The zero-order valence-electron chi connectivity index (χ0n) is 6.96. The molecule has 0 aliphatic heterocycles. The Labute approximate surface area is 74.2 Å². The van der Waals surface area contributed by atoms with Gasteiger partial charge in [0.15, 0.2) is 0 Å². The van der Waals surface area contributed by atoms with Crippen LogP contribution in [0.4, 0.5) is 5.69 Å². The van der Waals surface area contributed by atoms with Crippen LogP contribution in [-0.2, 0) is 11.3 Å². The van der Waals surface area contributed by atoms with Crippen molar-refractivity contribution in [3.63, 3.8) is 0 Å². The van der Waals surface area contributed by atoms with Gasteiger partial charge in [0.1, 0.15) is 0 Å². The van der Waals surface area contributed by atoms with Crippen molar-refractivity contribution in [1.29, 1.82) is 0 Å². The Morgan fingerprint density at radius 3 is 2.50 bits per heavy atom. The standard InChI is InChI=1S/C8H11NO2S/c1-6-3-4-8(5-7(6)2)9-12(10)11/h3-5,9H,1-2H3,(H,10,11)/p-1. The fourth-order valence-corrected chi connectivity index (χ4v) is 1.22. The molecule has 0 aliphatic rings. The van der Waals surface area contributed by atoms with Gasteiger partial charge in [0, 0.05) is 17.0 Å². The minimum atomic E-state index is -2.23. The third-order valence-electron chi connectivity index (χ3n) is 1.71. The lowest BCUT2D eigenvalue weighted by molar-refractivity contribution is 0.542. The second kappa shape index (κ2) is 3.69. The van der Waals surface area contributed by atoms with Crippen molar-refractivity contribution in [2.45, 2.75) is 13.8 Å². The van der Waals surface area contributed by atoms with E-state index in [1.54, 1.807) is 12.1 Å². The summed E-state index contributed by atoms with van der Waals surface area (Å²) in [5, 5.41) is 0. The molecule has 12 heavy (non-hydrogen) atoms. The molecular weight excluding hydrogens is 174 g/mol. The van der Waals surface area contributed by atoms with Crippen molar-refractivity contribution in [3.8, 4) is 0 Å². The molecule has 1 aromatic carbocycles. The molecule has 0 bridgehead atoms. The molecule has 0 aromatic heterocycles. The molecule has 0 aliphatic carbocycles. The van der Waals surface area contributed by atoms with E-state index < -0.39 is 11.3 Å². The summed E-state index contributed by atoms with van der Waals surface area (Å²) in [7, 11) is 0. The Morgan fingerprint density at radius 2 is 2.00 bits per heavy atom. The second-order valence-electron chi connectivity index (χ2n) is 2.64. The van der Waals surface area contributed by atoms with Crippen LogP contribution in [-0.4, -0.2) is 8.76 Å². The number of hydrogen-bond acceptors (Lipinski definition) is 2. The first-order chi connectivity index (χ1) is 5.59. The summed E-state index contributed by atoms with van der Waals surface area (Å²) in [5.41, 5.74) is 2.83. The number of benzene rings is 1. The molecule has 1 rings (SSSR count). The van der Waals surface area contributed by atoms with Crippen LogP contribution >= 0.6 is 0 Å². The third-order valence-corrected chi connectivity index (χ3v) is 2.11. The predicted octanol–water partition coefficient (Wildman–Crippen LogP) is 1.51. The highest BCUT2D eigenvalue weighted by Crippen LogP contribution is 2.13. The van der Waals surface area contributed by atoms with E-state index in [2.05, 4.69) is 4.72 Å². The summed E-state index contributed by atoms with van der Waals surface area (Å²) >= 11 is -2.23. The number of nitrogens with one attached hydrogen (secondary N) is 1. The minimum Gasteiger partial charge on any atom is -0.755 e. The average molecular weight is 184 g/mol. The minimum absolute atomic E-state index is 0.603. The van der Waals surface area contributed by atoms with Crippen molar-refractivity contribution < 1.29 is 8.76 Å². The summed E-state index contributed by atoms with van der Waals surface area (Å²) in [4.78, 5) is 0. The Kier molecular flexibility index (Phi) is 2.83. The summed E-state index contributed by atoms with van der Waals surface area (Å²) in [6.07, 6.45) is 0. The van der Waals surface area contributed by atoms with Gasteiger partial charge in [0.05, 0.1) is 0 Å². The maximum atomic E-state index is 10.3. The first-order valence-corrected chi connectivity index (χ1v) is 4.60. The van der Waals surface area contributed by atoms with E-state index in [9.17, 15) is 8.76 Å². The van der Waals surface area contributed by atoms with Crippen molar-refractivity contribution >= 4 is 17.0 Å². The summed E-state index contributed by atoms with van der Waals surface area (Å²) in [6.45, 7) is 3.92. The molecule has 0 saturated carbocycles. The quantitative estimate of drug-likeness (QED) is 0.708. The molecule has 0 heterocycles. The van der Waals surface area contributed by atoms with E-state index in [1.165, 1.54) is 0 Å². The maximum Gasteiger partial charge on any atom is 0.0455 e. The van der Waals surface area contributed by atoms with E-state index >= 15 is 0 Å². The van der Waals surface area contributed by atoms with Gasteiger partial charge < -0.3 is 9.27 Å². The molecule has 4 heteroatoms. The van der Waals surface area contributed by atoms with Crippen LogP contribution in [0.15, 0.2) is 18.2 Å². The topological polar surface area (TPSA) is 52.2 Å². The number of anilines is 1. The fourth-order valence-electron chi connectivity index (χ4n) is 0.901. The largest absolute Gasteiger partial charge is 0.755 e. The lowest BCUT2D eigenvalue weighted by Crippen LogP contribution is -2.02. The SMILES string of the molecule is Cc1ccc(NS(=O)[O-])cc1C. The molecule has 1 atom stereocenters. The highest BCUT2D eigenvalue weighted by atomic mass is 32.2. The van der Waals surface area contributed by atoms with E-state index in [-0.39, 0.29) is 0 Å². The van der Waals surface area contributed by atoms with Gasteiger partial charge >= 0.3 is 0 Å². The van der Waals surface area contributed by atoms with Gasteiger partial charge in [-0.1, -0.05) is 6.07 Å². The van der Waals surface area contributed by atoms with Crippen molar-refractivity contribution in [3.05, 3.63) is 29.3 Å². The lowest BCUT2D eigenvalue weighted by Gasteiger charge is -2.09. The number of hydrogen-bond donors (Lipinski definition) is 1. The van der Waals surface area contributed by atoms with Crippen LogP contribution in [0.5, 0.6) is 0 Å². The molecular formula is C8H10NO2S-. The van der Waals surface area contributed by atoms with Gasteiger partial charge in [-0.2, -0.15) is 0 Å². The van der Waals surface area contributed by atoms with E-state index in [1.807, 2.05) is 19.9 Å². The summed E-state index contributed by atoms with van der Waals surface area (Å²) in [5.74, 6) is 0. The van der Waals surface area contributed by atoms with Crippen LogP contribution in [0, 0.1) is 13.8 Å². The summed E-state index contributed by atoms with van der Waals surface area (Å²) < 4.78 is 22.8. The molecule has 3 nitrogen and oxygen atoms in total. The smallest absolute Gasteiger partial charge is 0.0455 e. The zero-order valence-corrected chi connectivity index (χ0v) is 7.77. The summed E-state index contributed by atoms with van der Waals surface area (Å²) in [6, 6.07) is 5.41. The molecule has 66 valence electrons. The molecule has 1 N–H and O–H groups in total. The highest BCUT2D eigenvalue weighted by Gasteiger charge is 1.94. The normalized spacial score (nSPS) is 12.6. The van der Waals surface area contributed by atoms with Crippen LogP contribution < -0.4 is 4.72 Å². The average Bonchev–Trinajstić information content (AvgIpc) is 1.96. The van der Waals surface area contributed by atoms with Crippen LogP contribution in [0.25, 0.3) is 0 Å². The maximum absolute atomic E-state index is 10.3. The molecule has 0 fully saturated rings. The van der Waals surface area contributed by atoms with Crippen molar-refractivity contribution in [1.82, 2.24) is 0 Å². The Morgan fingerprint density at radius 1 is 1.33 bits per heavy atom. The molecule has 1 aromatic rings. The van der Waals surface area contributed by atoms with Gasteiger partial charge in [-0.25, -0.2) is 0 Å². The van der Waals surface area contributed by atoms with Crippen molar-refractivity contribution in [2.24, 2.45) is 0 Å². The van der Waals surface area contributed by atoms with E-state index in [4.69, 9.17) is 0 Å². The fraction of sp³-hybridized carbons (Fsp3) is 0.250. The van der Waals surface area contributed by atoms with E-state index in [0.29, 0.717) is 5.69 Å². The Bertz CT molecular complexity index is 312. The second-order valence-corrected chi connectivity index (χ2v) is 3.31. The molecule has 0 amide bonds. The molecule has 1 unspecified atom stereocenters. The number of aryl methyl sites for hydroxylation is 2. The van der Waals surface area contributed by atoms with Crippen LogP contribution in [0.1, 0.15) is 11.1 Å². The lowest BCUT2D eigenvalue weighted by atomic mass is 10.1. The van der Waals surface area contributed by atoms with Crippen LogP contribution in [0.3, 0.4) is 0 Å². The predicted molar refractivity (Wildman–Crippen MR) is 48.5 cm³/mol. The Hall–Kier alpha value is -0.870. The molecule has 0 spiro atoms. The van der Waals surface area contributed by atoms with Crippen LogP contribution in [0.2, 0.25) is 0 Å². The van der Waals surface area contributed by atoms with Gasteiger partial charge in [0.2, 0.25) is 0 Å². The third kappa shape index (κ3) is 2.32. The Balaban J connectivity index is 2.89. The van der Waals surface area contributed by atoms with Crippen molar-refractivity contribution in [2.75, 3.05) is 4.72 Å². The highest BCUT2D eigenvalue weighted by molar-refractivity contribution is 7.80. The first kappa shape index (κ1) is 9.22. The van der Waals surface area contributed by atoms with E-state index in [0.717, 1.165) is 11.1 Å². The monoisotopic (exact) mass is 184 g/mol. The molecule has 0 radical (unpaired) electrons. The first-order valence-electron chi connectivity index (χ1n) is 3.53. The zero-order chi connectivity index (χ0) is 9.14. The molecule has 0 saturated heterocycles. The number of rotatable bonds is 2. The van der Waals surface area contributed by atoms with Gasteiger partial charge in [-0.3, -0.25) is 4.21 Å². The van der Waals surface area contributed by atoms with Gasteiger partial charge in [-0.15, -0.1) is 0 Å².